The quantitative estimate of drug-likeness (QED) is 0.595. The summed E-state index contributed by atoms with van der Waals surface area (Å²) in [7, 11) is 0. The Hall–Kier alpha value is -2.87. The third-order valence-electron chi connectivity index (χ3n) is 4.96. The predicted octanol–water partition coefficient (Wildman–Crippen LogP) is 3.60. The Morgan fingerprint density at radius 2 is 1.81 bits per heavy atom. The van der Waals surface area contributed by atoms with Crippen LogP contribution in [0.1, 0.15) is 36.0 Å². The second kappa shape index (κ2) is 11.5. The topological polar surface area (TPSA) is 87.7 Å². The normalized spacial score (nSPS) is 14.0. The summed E-state index contributed by atoms with van der Waals surface area (Å²) in [6.45, 7) is 1.37. The molecular weight excluding hydrogens is 462 g/mol. The maximum absolute atomic E-state index is 12.6. The van der Waals surface area contributed by atoms with Gasteiger partial charge in [-0.15, -0.1) is 0 Å². The number of anilines is 1. The van der Waals surface area contributed by atoms with E-state index >= 15 is 0 Å². The molecule has 31 heavy (non-hydrogen) atoms. The number of halogens is 1. The number of para-hydroxylation sites is 1. The van der Waals surface area contributed by atoms with Crippen LogP contribution in [0.15, 0.2) is 53.0 Å². The molecule has 2 aromatic rings. The standard InChI is InChI=1S/C23H26BrN3O4/c24-17-9-11-18(12-10-17)26-21(28)16-31-20-7-4-3-6-19(20)23(30)25-13-15-27-14-5-1-2-8-22(27)29/h3-4,6-7,9-12H,1-2,5,8,13-16H2,(H,25,30)(H,26,28). The van der Waals surface area contributed by atoms with Crippen LogP contribution in [0.5, 0.6) is 5.75 Å². The van der Waals surface area contributed by atoms with Crippen molar-refractivity contribution >= 4 is 39.3 Å². The van der Waals surface area contributed by atoms with Crippen molar-refractivity contribution in [3.8, 4) is 5.75 Å². The lowest BCUT2D eigenvalue weighted by Crippen LogP contribution is -2.38. The van der Waals surface area contributed by atoms with Crippen molar-refractivity contribution in [3.05, 3.63) is 58.6 Å². The highest BCUT2D eigenvalue weighted by atomic mass is 79.9. The Bertz CT molecular complexity index is 917. The molecule has 0 aromatic heterocycles. The molecule has 0 saturated carbocycles. The van der Waals surface area contributed by atoms with Gasteiger partial charge in [-0.1, -0.05) is 34.5 Å². The summed E-state index contributed by atoms with van der Waals surface area (Å²) in [5.74, 6) is -0.146. The third kappa shape index (κ3) is 7.10. The molecule has 1 heterocycles. The molecule has 3 rings (SSSR count). The minimum absolute atomic E-state index is 0.146. The smallest absolute Gasteiger partial charge is 0.262 e. The van der Waals surface area contributed by atoms with E-state index < -0.39 is 0 Å². The lowest BCUT2D eigenvalue weighted by Gasteiger charge is -2.20. The lowest BCUT2D eigenvalue weighted by atomic mass is 10.2. The van der Waals surface area contributed by atoms with Crippen LogP contribution < -0.4 is 15.4 Å². The summed E-state index contributed by atoms with van der Waals surface area (Å²) in [6, 6.07) is 14.0. The highest BCUT2D eigenvalue weighted by molar-refractivity contribution is 9.10. The first kappa shape index (κ1) is 22.8. The van der Waals surface area contributed by atoms with Crippen LogP contribution in [0.3, 0.4) is 0 Å². The SMILES string of the molecule is O=C(COc1ccccc1C(=O)NCCN1CCCCCC1=O)Nc1ccc(Br)cc1. The number of benzene rings is 2. The van der Waals surface area contributed by atoms with Gasteiger partial charge < -0.3 is 20.3 Å². The van der Waals surface area contributed by atoms with Gasteiger partial charge in [-0.05, 0) is 49.2 Å². The van der Waals surface area contributed by atoms with Crippen molar-refractivity contribution in [2.24, 2.45) is 0 Å². The van der Waals surface area contributed by atoms with Gasteiger partial charge >= 0.3 is 0 Å². The fourth-order valence-electron chi connectivity index (χ4n) is 3.33. The van der Waals surface area contributed by atoms with E-state index in [9.17, 15) is 14.4 Å². The molecule has 0 unspecified atom stereocenters. The molecule has 0 radical (unpaired) electrons. The number of ether oxygens (including phenoxy) is 1. The van der Waals surface area contributed by atoms with E-state index in [1.165, 1.54) is 0 Å². The molecule has 3 amide bonds. The molecule has 1 fully saturated rings. The fourth-order valence-corrected chi connectivity index (χ4v) is 3.59. The highest BCUT2D eigenvalue weighted by Crippen LogP contribution is 2.18. The zero-order chi connectivity index (χ0) is 22.1. The zero-order valence-electron chi connectivity index (χ0n) is 17.2. The number of likely N-dealkylation sites (tertiary alicyclic amines) is 1. The molecule has 1 aliphatic heterocycles. The number of carbonyl (C=O) groups excluding carboxylic acids is 3. The lowest BCUT2D eigenvalue weighted by molar-refractivity contribution is -0.130. The molecule has 1 saturated heterocycles. The molecule has 7 nitrogen and oxygen atoms in total. The van der Waals surface area contributed by atoms with E-state index in [0.717, 1.165) is 30.3 Å². The summed E-state index contributed by atoms with van der Waals surface area (Å²) < 4.78 is 6.52. The molecule has 0 spiro atoms. The first-order valence-corrected chi connectivity index (χ1v) is 11.2. The van der Waals surface area contributed by atoms with Crippen molar-refractivity contribution < 1.29 is 19.1 Å². The number of amides is 3. The van der Waals surface area contributed by atoms with E-state index in [2.05, 4.69) is 26.6 Å². The van der Waals surface area contributed by atoms with Gasteiger partial charge in [0.1, 0.15) is 5.75 Å². The van der Waals surface area contributed by atoms with E-state index in [1.807, 2.05) is 17.0 Å². The summed E-state index contributed by atoms with van der Waals surface area (Å²) >= 11 is 3.35. The first-order chi connectivity index (χ1) is 15.0. The summed E-state index contributed by atoms with van der Waals surface area (Å²) in [5.41, 5.74) is 1.01. The van der Waals surface area contributed by atoms with Crippen LogP contribution >= 0.6 is 15.9 Å². The van der Waals surface area contributed by atoms with Gasteiger partial charge in [0.05, 0.1) is 5.56 Å². The van der Waals surface area contributed by atoms with Gasteiger partial charge in [0.15, 0.2) is 6.61 Å². The van der Waals surface area contributed by atoms with E-state index in [1.54, 1.807) is 36.4 Å². The Kier molecular flexibility index (Phi) is 8.46. The molecule has 8 heteroatoms. The predicted molar refractivity (Wildman–Crippen MR) is 122 cm³/mol. The Labute approximate surface area is 190 Å². The second-order valence-electron chi connectivity index (χ2n) is 7.29. The van der Waals surface area contributed by atoms with Crippen LogP contribution in [0.25, 0.3) is 0 Å². The molecule has 0 bridgehead atoms. The number of nitrogens with one attached hydrogen (secondary N) is 2. The van der Waals surface area contributed by atoms with Crippen molar-refractivity contribution in [2.45, 2.75) is 25.7 Å². The first-order valence-electron chi connectivity index (χ1n) is 10.4. The number of hydrogen-bond acceptors (Lipinski definition) is 4. The maximum Gasteiger partial charge on any atom is 0.262 e. The molecule has 2 aromatic carbocycles. The van der Waals surface area contributed by atoms with Crippen LogP contribution in [-0.4, -0.2) is 48.9 Å². The summed E-state index contributed by atoms with van der Waals surface area (Å²) in [4.78, 5) is 38.7. The van der Waals surface area contributed by atoms with Gasteiger partial charge in [-0.25, -0.2) is 0 Å². The summed E-state index contributed by atoms with van der Waals surface area (Å²) in [5, 5.41) is 5.59. The van der Waals surface area contributed by atoms with Crippen molar-refractivity contribution in [2.75, 3.05) is 31.6 Å². The molecular formula is C23H26BrN3O4. The number of hydrogen-bond donors (Lipinski definition) is 2. The zero-order valence-corrected chi connectivity index (χ0v) is 18.8. The molecule has 2 N–H and O–H groups in total. The van der Waals surface area contributed by atoms with Crippen LogP contribution in [0.4, 0.5) is 5.69 Å². The van der Waals surface area contributed by atoms with Gasteiger partial charge in [-0.2, -0.15) is 0 Å². The Morgan fingerprint density at radius 1 is 1.03 bits per heavy atom. The fraction of sp³-hybridized carbons (Fsp3) is 0.348. The number of rotatable bonds is 8. The Balaban J connectivity index is 1.50. The maximum atomic E-state index is 12.6. The van der Waals surface area contributed by atoms with Gasteiger partial charge in [-0.3, -0.25) is 14.4 Å². The monoisotopic (exact) mass is 487 g/mol. The third-order valence-corrected chi connectivity index (χ3v) is 5.49. The summed E-state index contributed by atoms with van der Waals surface area (Å²) in [6.07, 6.45) is 3.57. The van der Waals surface area contributed by atoms with E-state index in [-0.39, 0.29) is 24.3 Å². The van der Waals surface area contributed by atoms with Crippen LogP contribution in [-0.2, 0) is 9.59 Å². The minimum atomic E-state index is -0.322. The van der Waals surface area contributed by atoms with Gasteiger partial charge in [0.25, 0.3) is 11.8 Å². The van der Waals surface area contributed by atoms with E-state index in [4.69, 9.17) is 4.74 Å². The van der Waals surface area contributed by atoms with E-state index in [0.29, 0.717) is 36.5 Å². The average Bonchev–Trinajstić information content (AvgIpc) is 2.98. The largest absolute Gasteiger partial charge is 0.483 e. The Morgan fingerprint density at radius 3 is 2.61 bits per heavy atom. The molecule has 0 atom stereocenters. The van der Waals surface area contributed by atoms with Crippen molar-refractivity contribution in [1.29, 1.82) is 0 Å². The molecule has 1 aliphatic rings. The van der Waals surface area contributed by atoms with Gasteiger partial charge in [0, 0.05) is 36.2 Å². The van der Waals surface area contributed by atoms with Crippen LogP contribution in [0, 0.1) is 0 Å². The highest BCUT2D eigenvalue weighted by Gasteiger charge is 2.17. The molecule has 164 valence electrons. The minimum Gasteiger partial charge on any atom is -0.483 e. The van der Waals surface area contributed by atoms with Crippen molar-refractivity contribution in [1.82, 2.24) is 10.2 Å². The number of carbonyl (C=O) groups is 3. The second-order valence-corrected chi connectivity index (χ2v) is 8.20. The average molecular weight is 488 g/mol. The van der Waals surface area contributed by atoms with Crippen molar-refractivity contribution in [3.63, 3.8) is 0 Å². The number of nitrogens with zero attached hydrogens (tertiary/aromatic N) is 1. The molecule has 0 aliphatic carbocycles. The van der Waals surface area contributed by atoms with Crippen LogP contribution in [0.2, 0.25) is 0 Å². The van der Waals surface area contributed by atoms with Gasteiger partial charge in [0.2, 0.25) is 5.91 Å².